The van der Waals surface area contributed by atoms with Gasteiger partial charge in [-0.1, -0.05) is 77.3 Å². The number of benzene rings is 6. The Morgan fingerprint density at radius 1 is 0.496 bits per heavy atom. The normalized spacial score (nSPS) is 20.4. The zero-order valence-electron chi connectivity index (χ0n) is 75.1. The van der Waals surface area contributed by atoms with E-state index >= 15 is 0 Å². The molecule has 43 heteroatoms. The molecule has 6 aromatic carbocycles. The van der Waals surface area contributed by atoms with Crippen molar-refractivity contribution in [1.82, 2.24) is 65.6 Å². The number of esters is 3. The van der Waals surface area contributed by atoms with E-state index in [1.807, 2.05) is 105 Å². The SMILES string of the molecule is COC(=O)C1=C(CN2CCN3C(=O)N(c4ccc(C(C)(C)NC(C)C(=O)O)cc4)C[C@@H]3C2)NC(c2nccs2)=N[C@H]1c1ccc(F)cc1Cl.COC(=O)C1=C(CN2CCN3C(=O)N(c4ccc(CO)cc4)C[C@@H]3C2)NC(c2nccs2)=N[C@H]1c1ccc(F)cc1Cl.COC(=O)C1=C(CN2CCN3C(=O)N(c4ccc(N(C)CC(=O)O)cc4)C[C@@H]3C2)NC(c2nccs2)=N[C@H]1c1ccc(F)cc1Cl. The smallest absolute Gasteiger partial charge is 0.338 e. The number of aliphatic carboxylic acids is 2. The van der Waals surface area contributed by atoms with Gasteiger partial charge >= 0.3 is 47.9 Å². The third-order valence-corrected chi connectivity index (χ3v) is 28.3. The maximum Gasteiger partial charge on any atom is 0.338 e. The molecule has 6 amide bonds. The van der Waals surface area contributed by atoms with E-state index in [-0.39, 0.29) is 81.2 Å². The first-order valence-corrected chi connectivity index (χ1v) is 47.4. The number of urea groups is 3. The summed E-state index contributed by atoms with van der Waals surface area (Å²) >= 11 is 23.6. The number of ether oxygens (including phenoxy) is 3. The van der Waals surface area contributed by atoms with E-state index < -0.39 is 77.0 Å². The number of fused-ring (bicyclic) bond motifs is 3. The summed E-state index contributed by atoms with van der Waals surface area (Å²) in [5.41, 5.74) is 7.99. The Balaban J connectivity index is 0.000000149. The van der Waals surface area contributed by atoms with E-state index in [1.54, 1.807) is 64.3 Å². The summed E-state index contributed by atoms with van der Waals surface area (Å²) in [5, 5.41) is 48.6. The van der Waals surface area contributed by atoms with Crippen LogP contribution in [-0.2, 0) is 50.3 Å². The van der Waals surface area contributed by atoms with Crippen molar-refractivity contribution in [2.75, 3.05) is 153 Å². The van der Waals surface area contributed by atoms with Crippen LogP contribution in [0, 0.1) is 17.5 Å². The number of aliphatic imine (C=N–C) groups is 3. The van der Waals surface area contributed by atoms with E-state index in [0.29, 0.717) is 164 Å². The largest absolute Gasteiger partial charge is 0.480 e. The van der Waals surface area contributed by atoms with Crippen molar-refractivity contribution >= 4 is 157 Å². The second-order valence-corrected chi connectivity index (χ2v) is 38.0. The number of aliphatic hydroxyl groups is 1. The number of nitrogens with zero attached hydrogens (tertiary/aromatic N) is 16. The van der Waals surface area contributed by atoms with Crippen molar-refractivity contribution in [2.45, 2.75) is 75.2 Å². The zero-order valence-corrected chi connectivity index (χ0v) is 79.8. The van der Waals surface area contributed by atoms with Gasteiger partial charge in [0.1, 0.15) is 48.2 Å². The first-order valence-electron chi connectivity index (χ1n) is 43.6. The molecule has 9 aliphatic rings. The maximum absolute atomic E-state index is 14.0. The fourth-order valence-corrected chi connectivity index (χ4v) is 20.8. The molecule has 716 valence electrons. The van der Waals surface area contributed by atoms with Crippen molar-refractivity contribution in [3.05, 3.63) is 271 Å². The van der Waals surface area contributed by atoms with Crippen LogP contribution in [0.1, 0.15) is 81.7 Å². The number of hydrogen-bond acceptors (Lipinski definition) is 29. The quantitative estimate of drug-likeness (QED) is 0.0196. The van der Waals surface area contributed by atoms with Gasteiger partial charge in [-0.3, -0.25) is 59.3 Å². The highest BCUT2D eigenvalue weighted by atomic mass is 35.5. The summed E-state index contributed by atoms with van der Waals surface area (Å²) in [7, 11) is 5.60. The number of nitrogens with one attached hydrogen (secondary N) is 4. The summed E-state index contributed by atoms with van der Waals surface area (Å²) < 4.78 is 57.5. The van der Waals surface area contributed by atoms with Crippen LogP contribution in [-0.4, -0.2) is 282 Å². The summed E-state index contributed by atoms with van der Waals surface area (Å²) in [6.07, 6.45) is 4.99. The van der Waals surface area contributed by atoms with Gasteiger partial charge in [0.05, 0.1) is 62.8 Å². The number of likely N-dealkylation sites (N-methyl/N-ethyl adjacent to an activating group) is 1. The summed E-state index contributed by atoms with van der Waals surface area (Å²) in [5.74, 6) is -3.71. The van der Waals surface area contributed by atoms with Crippen molar-refractivity contribution in [2.24, 2.45) is 15.0 Å². The minimum atomic E-state index is -0.930. The van der Waals surface area contributed by atoms with Crippen molar-refractivity contribution in [3.63, 3.8) is 0 Å². The van der Waals surface area contributed by atoms with Crippen LogP contribution in [0.3, 0.4) is 0 Å². The number of halogens is 6. The lowest BCUT2D eigenvalue weighted by Gasteiger charge is -2.38. The minimum absolute atomic E-state index is 0.0501. The second kappa shape index (κ2) is 42.1. The molecule has 0 bridgehead atoms. The van der Waals surface area contributed by atoms with Gasteiger partial charge < -0.3 is 65.1 Å². The Labute approximate surface area is 812 Å². The molecule has 9 aromatic rings. The monoisotopic (exact) mass is 1990 g/mol. The zero-order chi connectivity index (χ0) is 96.9. The standard InChI is InChI=1S/C34H37ClFN7O5S.C31H31ClFN7O5S.C29H28ClFN6O4S/c1-19(31(44)45)40-34(2,3)20-5-8-22(9-6-20)43-17-23-16-41(12-13-42(23)33(43)47)18-26-27(32(46)48-4)28(24-10-7-21(36)15-25(24)35)39-29(38-26)30-37-11-14-49-30;1-37(17-25(41)42)19-4-6-20(7-5-19)40-15-21-14-38(10-11-39(21)31(40)44)16-24-26(30(43)45-2)27(22-8-3-18(33)13-23(22)32)36-28(35-24)29-34-9-12-46-29;1-41-28(39)24-23(33-26(27-32-8-11-42-27)34-25(24)21-7-4-18(31)12-22(21)30)15-35-9-10-36-20(13-35)14-37(29(36)40)19-5-2-17(16-38)3-6-19/h5-11,14-15,19,23,28,40H,12-13,16-18H2,1-4H3,(H,38,39)(H,44,45);3-9,12-13,21,27H,10-11,14-17H2,1-2H3,(H,35,36)(H,41,42);2-8,11-12,20,25,38H,9-10,13-16H2,1H3,(H,33,34)/t19?,23-,28-;21-,27-;20-,25-/m000/s1. The van der Waals surface area contributed by atoms with Gasteiger partial charge in [-0.2, -0.15) is 0 Å². The molecule has 6 fully saturated rings. The molecule has 9 aliphatic heterocycles. The van der Waals surface area contributed by atoms with Crippen LogP contribution in [0.25, 0.3) is 0 Å². The number of carbonyl (C=O) groups is 8. The number of carboxylic acid groups (broad SMARTS) is 2. The van der Waals surface area contributed by atoms with Gasteiger partial charge in [-0.15, -0.1) is 34.0 Å². The topological polar surface area (TPSA) is 381 Å². The molecule has 18 rings (SSSR count). The first-order chi connectivity index (χ1) is 65.8. The predicted molar refractivity (Wildman–Crippen MR) is 513 cm³/mol. The maximum atomic E-state index is 14.0. The lowest BCUT2D eigenvalue weighted by Crippen LogP contribution is -2.53. The van der Waals surface area contributed by atoms with Gasteiger partial charge in [0.25, 0.3) is 0 Å². The molecule has 34 nitrogen and oxygen atoms in total. The average Bonchev–Trinajstić information content (AvgIpc) is 0.996. The highest BCUT2D eigenvalue weighted by Gasteiger charge is 2.48. The van der Waals surface area contributed by atoms with Crippen LogP contribution in [0.15, 0.2) is 211 Å². The molecule has 0 aliphatic carbocycles. The van der Waals surface area contributed by atoms with Crippen LogP contribution in [0.4, 0.5) is 50.3 Å². The van der Waals surface area contributed by atoms with Gasteiger partial charge in [-0.05, 0) is 117 Å². The van der Waals surface area contributed by atoms with Crippen LogP contribution >= 0.6 is 68.8 Å². The number of amides is 6. The molecule has 0 saturated carbocycles. The fraction of sp³-hybridized carbons (Fsp3) is 0.340. The number of aromatic nitrogens is 3. The Hall–Kier alpha value is -12.7. The second-order valence-electron chi connectivity index (χ2n) is 34.1. The molecule has 1 unspecified atom stereocenters. The van der Waals surface area contributed by atoms with E-state index in [2.05, 4.69) is 50.9 Å². The van der Waals surface area contributed by atoms with Crippen LogP contribution in [0.2, 0.25) is 15.1 Å². The first kappa shape index (κ1) is 97.3. The number of hydrogen-bond donors (Lipinski definition) is 7. The Morgan fingerprint density at radius 3 is 1.12 bits per heavy atom. The van der Waals surface area contributed by atoms with E-state index in [4.69, 9.17) is 69.1 Å². The van der Waals surface area contributed by atoms with Crippen molar-refractivity contribution < 1.29 is 81.1 Å². The molecular formula is C94H96Cl3F3N20O14S3. The van der Waals surface area contributed by atoms with Crippen molar-refractivity contribution in [3.8, 4) is 0 Å². The Kier molecular flexibility index (Phi) is 29.9. The summed E-state index contributed by atoms with van der Waals surface area (Å²) in [6.45, 7) is 12.6. The van der Waals surface area contributed by atoms with Crippen LogP contribution < -0.4 is 40.9 Å². The summed E-state index contributed by atoms with van der Waals surface area (Å²) in [6, 6.07) is 30.4. The molecule has 6 saturated heterocycles. The average molecular weight is 1990 g/mol. The third kappa shape index (κ3) is 21.4. The summed E-state index contributed by atoms with van der Waals surface area (Å²) in [4.78, 5) is 149. The van der Waals surface area contributed by atoms with Crippen LogP contribution in [0.5, 0.6) is 0 Å². The molecule has 7 atom stereocenters. The van der Waals surface area contributed by atoms with Gasteiger partial charge in [-0.25, -0.2) is 56.9 Å². The number of methoxy groups -OCH3 is 3. The molecular weight excluding hydrogens is 1890 g/mol. The number of amidine groups is 3. The van der Waals surface area contributed by atoms with Gasteiger partial charge in [0, 0.05) is 217 Å². The van der Waals surface area contributed by atoms with Gasteiger partial charge in [0.15, 0.2) is 32.5 Å². The lowest BCUT2D eigenvalue weighted by atomic mass is 9.93. The van der Waals surface area contributed by atoms with Gasteiger partial charge in [0.2, 0.25) is 0 Å². The number of carbonyl (C=O) groups excluding carboxylic acids is 6. The fourth-order valence-electron chi connectivity index (χ4n) is 18.2. The highest BCUT2D eigenvalue weighted by Crippen LogP contribution is 2.43. The van der Waals surface area contributed by atoms with Crippen molar-refractivity contribution in [1.29, 1.82) is 0 Å². The molecule has 0 spiro atoms. The number of rotatable bonds is 26. The Bertz CT molecular complexity index is 6280. The third-order valence-electron chi connectivity index (χ3n) is 25.0. The Morgan fingerprint density at radius 2 is 0.825 bits per heavy atom. The number of anilines is 4. The minimum Gasteiger partial charge on any atom is -0.480 e. The number of carboxylic acids is 2. The number of thiazole rings is 3. The van der Waals surface area contributed by atoms with E-state index in [9.17, 15) is 61.7 Å². The molecule has 7 N–H and O–H groups in total. The molecule has 12 heterocycles. The highest BCUT2D eigenvalue weighted by molar-refractivity contribution is 7.12. The van der Waals surface area contributed by atoms with E-state index in [1.165, 1.54) is 110 Å². The lowest BCUT2D eigenvalue weighted by molar-refractivity contribution is -0.140. The van der Waals surface area contributed by atoms with E-state index in [0.717, 1.165) is 33.9 Å². The number of aliphatic hydroxyl groups excluding tert-OH is 1. The molecule has 3 aromatic heterocycles. The molecule has 137 heavy (non-hydrogen) atoms. The molecule has 0 radical (unpaired) electrons. The predicted octanol–water partition coefficient (Wildman–Crippen LogP) is 11.6. The number of piperazine rings is 3.